The molecule has 0 fully saturated rings. The molecule has 3 aromatic rings. The largest absolute Gasteiger partial charge is 0.364 e. The third-order valence-corrected chi connectivity index (χ3v) is 3.57. The number of hydrogen-bond acceptors (Lipinski definition) is 3. The Morgan fingerprint density at radius 1 is 1.00 bits per heavy atom. The number of anilines is 1. The monoisotopic (exact) mass is 306 g/mol. The molecule has 0 aliphatic heterocycles. The van der Waals surface area contributed by atoms with Gasteiger partial charge < -0.3 is 15.6 Å². The number of primary amides is 1. The van der Waals surface area contributed by atoms with Gasteiger partial charge in [0.05, 0.1) is 6.33 Å². The lowest BCUT2D eigenvalue weighted by molar-refractivity contribution is 0.0992. The summed E-state index contributed by atoms with van der Waals surface area (Å²) in [7, 11) is 0. The number of imidazole rings is 1. The molecule has 0 unspecified atom stereocenters. The van der Waals surface area contributed by atoms with E-state index in [1.807, 2.05) is 60.7 Å². The molecule has 0 atom stereocenters. The third-order valence-electron chi connectivity index (χ3n) is 3.57. The van der Waals surface area contributed by atoms with Crippen LogP contribution in [0.15, 0.2) is 67.0 Å². The Kier molecular flexibility index (Phi) is 4.38. The maximum absolute atomic E-state index is 11.8. The van der Waals surface area contributed by atoms with E-state index in [0.717, 1.165) is 11.1 Å². The minimum absolute atomic E-state index is 0.393. The maximum Gasteiger partial charge on any atom is 0.269 e. The van der Waals surface area contributed by atoms with Crippen molar-refractivity contribution in [3.63, 3.8) is 0 Å². The fourth-order valence-electron chi connectivity index (χ4n) is 2.45. The van der Waals surface area contributed by atoms with Crippen LogP contribution in [0.1, 0.15) is 21.6 Å². The molecule has 0 aliphatic rings. The fourth-order valence-corrected chi connectivity index (χ4v) is 2.45. The predicted octanol–water partition coefficient (Wildman–Crippen LogP) is 2.64. The van der Waals surface area contributed by atoms with E-state index < -0.39 is 5.91 Å². The second kappa shape index (κ2) is 6.79. The molecular weight excluding hydrogens is 288 g/mol. The quantitative estimate of drug-likeness (QED) is 0.735. The summed E-state index contributed by atoms with van der Waals surface area (Å²) in [5, 5.41) is 3.18. The first-order chi connectivity index (χ1) is 11.2. The van der Waals surface area contributed by atoms with Crippen LogP contribution in [0.2, 0.25) is 0 Å². The summed E-state index contributed by atoms with van der Waals surface area (Å²) >= 11 is 0. The van der Waals surface area contributed by atoms with Crippen LogP contribution < -0.4 is 11.1 Å². The first kappa shape index (κ1) is 14.8. The molecule has 3 N–H and O–H groups in total. The topological polar surface area (TPSA) is 72.9 Å². The predicted molar refractivity (Wildman–Crippen MR) is 90.1 cm³/mol. The summed E-state index contributed by atoms with van der Waals surface area (Å²) in [6, 6.07) is 19.8. The number of rotatable bonds is 6. The van der Waals surface area contributed by atoms with E-state index in [1.165, 1.54) is 0 Å². The van der Waals surface area contributed by atoms with Gasteiger partial charge in [0.1, 0.15) is 0 Å². The van der Waals surface area contributed by atoms with Gasteiger partial charge in [-0.3, -0.25) is 4.79 Å². The smallest absolute Gasteiger partial charge is 0.269 e. The highest BCUT2D eigenvalue weighted by Gasteiger charge is 2.16. The Morgan fingerprint density at radius 3 is 2.22 bits per heavy atom. The lowest BCUT2D eigenvalue weighted by Crippen LogP contribution is -2.19. The minimum Gasteiger partial charge on any atom is -0.364 e. The molecule has 0 aliphatic carbocycles. The SMILES string of the molecule is NC(=O)c1c(NCc2ccccc2)ncn1Cc1ccccc1. The Hall–Kier alpha value is -3.08. The molecule has 0 radical (unpaired) electrons. The minimum atomic E-state index is -0.492. The Balaban J connectivity index is 1.80. The molecule has 0 bridgehead atoms. The van der Waals surface area contributed by atoms with Crippen molar-refractivity contribution in [3.8, 4) is 0 Å². The number of nitrogens with two attached hydrogens (primary N) is 1. The molecule has 5 heteroatoms. The highest BCUT2D eigenvalue weighted by atomic mass is 16.1. The van der Waals surface area contributed by atoms with Crippen molar-refractivity contribution in [1.29, 1.82) is 0 Å². The maximum atomic E-state index is 11.8. The average Bonchev–Trinajstić information content (AvgIpc) is 2.98. The normalized spacial score (nSPS) is 10.4. The van der Waals surface area contributed by atoms with Crippen molar-refractivity contribution in [2.45, 2.75) is 13.1 Å². The molecule has 0 spiro atoms. The molecule has 1 aromatic heterocycles. The van der Waals surface area contributed by atoms with Crippen LogP contribution in [-0.4, -0.2) is 15.5 Å². The summed E-state index contributed by atoms with van der Waals surface area (Å²) in [5.41, 5.74) is 8.13. The van der Waals surface area contributed by atoms with Crippen LogP contribution in [0.5, 0.6) is 0 Å². The first-order valence-electron chi connectivity index (χ1n) is 7.40. The number of aromatic nitrogens is 2. The second-order valence-corrected chi connectivity index (χ2v) is 5.26. The summed E-state index contributed by atoms with van der Waals surface area (Å²) in [4.78, 5) is 16.1. The molecule has 116 valence electrons. The molecule has 0 saturated carbocycles. The van der Waals surface area contributed by atoms with E-state index in [0.29, 0.717) is 24.6 Å². The van der Waals surface area contributed by atoms with Gasteiger partial charge in [0.25, 0.3) is 5.91 Å². The second-order valence-electron chi connectivity index (χ2n) is 5.26. The van der Waals surface area contributed by atoms with E-state index in [2.05, 4.69) is 10.3 Å². The van der Waals surface area contributed by atoms with Gasteiger partial charge in [0.2, 0.25) is 0 Å². The van der Waals surface area contributed by atoms with Crippen molar-refractivity contribution >= 4 is 11.7 Å². The summed E-state index contributed by atoms with van der Waals surface area (Å²) in [5.74, 6) is 0.0197. The fraction of sp³-hybridized carbons (Fsp3) is 0.111. The number of hydrogen-bond donors (Lipinski definition) is 2. The van der Waals surface area contributed by atoms with Crippen LogP contribution in [0.4, 0.5) is 5.82 Å². The Morgan fingerprint density at radius 2 is 1.61 bits per heavy atom. The van der Waals surface area contributed by atoms with Gasteiger partial charge in [-0.05, 0) is 11.1 Å². The van der Waals surface area contributed by atoms with E-state index in [4.69, 9.17) is 5.73 Å². The highest BCUT2D eigenvalue weighted by molar-refractivity contribution is 5.96. The lowest BCUT2D eigenvalue weighted by atomic mass is 10.2. The number of benzene rings is 2. The number of carbonyl (C=O) groups is 1. The summed E-state index contributed by atoms with van der Waals surface area (Å²) in [6.07, 6.45) is 1.64. The molecule has 3 rings (SSSR count). The van der Waals surface area contributed by atoms with E-state index >= 15 is 0 Å². The van der Waals surface area contributed by atoms with Gasteiger partial charge in [-0.1, -0.05) is 60.7 Å². The van der Waals surface area contributed by atoms with E-state index in [1.54, 1.807) is 10.9 Å². The Labute approximate surface area is 134 Å². The molecule has 1 heterocycles. The highest BCUT2D eigenvalue weighted by Crippen LogP contribution is 2.16. The lowest BCUT2D eigenvalue weighted by Gasteiger charge is -2.09. The van der Waals surface area contributed by atoms with Gasteiger partial charge in [0.15, 0.2) is 11.5 Å². The van der Waals surface area contributed by atoms with Crippen molar-refractivity contribution < 1.29 is 4.79 Å². The third kappa shape index (κ3) is 3.58. The van der Waals surface area contributed by atoms with E-state index in [9.17, 15) is 4.79 Å². The molecule has 23 heavy (non-hydrogen) atoms. The average molecular weight is 306 g/mol. The van der Waals surface area contributed by atoms with Gasteiger partial charge >= 0.3 is 0 Å². The van der Waals surface area contributed by atoms with Crippen LogP contribution in [0.3, 0.4) is 0 Å². The first-order valence-corrected chi connectivity index (χ1v) is 7.40. The molecule has 0 saturated heterocycles. The van der Waals surface area contributed by atoms with Crippen molar-refractivity contribution in [2.24, 2.45) is 5.73 Å². The van der Waals surface area contributed by atoms with Crippen molar-refractivity contribution in [3.05, 3.63) is 83.8 Å². The van der Waals surface area contributed by atoms with Crippen molar-refractivity contribution in [2.75, 3.05) is 5.32 Å². The summed E-state index contributed by atoms with van der Waals surface area (Å²) in [6.45, 7) is 1.14. The molecular formula is C18H18N4O. The Bertz CT molecular complexity index is 781. The molecule has 1 amide bonds. The van der Waals surface area contributed by atoms with Gasteiger partial charge in [-0.25, -0.2) is 4.98 Å². The van der Waals surface area contributed by atoms with Crippen LogP contribution in [0, 0.1) is 0 Å². The molecule has 5 nitrogen and oxygen atoms in total. The standard InChI is InChI=1S/C18H18N4O/c19-17(23)16-18(20-11-14-7-3-1-4-8-14)21-13-22(16)12-15-9-5-2-6-10-15/h1-10,13,20H,11-12H2,(H2,19,23). The number of nitrogens with zero attached hydrogens (tertiary/aromatic N) is 2. The van der Waals surface area contributed by atoms with Gasteiger partial charge in [-0.15, -0.1) is 0 Å². The summed E-state index contributed by atoms with van der Waals surface area (Å²) < 4.78 is 1.77. The number of amides is 1. The zero-order chi connectivity index (χ0) is 16.1. The van der Waals surface area contributed by atoms with Crippen LogP contribution >= 0.6 is 0 Å². The van der Waals surface area contributed by atoms with Gasteiger partial charge in [-0.2, -0.15) is 0 Å². The van der Waals surface area contributed by atoms with Gasteiger partial charge in [0, 0.05) is 13.1 Å². The zero-order valence-electron chi connectivity index (χ0n) is 12.6. The number of nitrogens with one attached hydrogen (secondary N) is 1. The zero-order valence-corrected chi connectivity index (χ0v) is 12.6. The van der Waals surface area contributed by atoms with Crippen molar-refractivity contribution in [1.82, 2.24) is 9.55 Å². The molecule has 2 aromatic carbocycles. The van der Waals surface area contributed by atoms with Crippen LogP contribution in [0.25, 0.3) is 0 Å². The number of carbonyl (C=O) groups excluding carboxylic acids is 1. The van der Waals surface area contributed by atoms with E-state index in [-0.39, 0.29) is 0 Å². The van der Waals surface area contributed by atoms with Crippen LogP contribution in [-0.2, 0) is 13.1 Å².